The summed E-state index contributed by atoms with van der Waals surface area (Å²) in [7, 11) is 0. The Morgan fingerprint density at radius 3 is 2.59 bits per heavy atom. The number of amides is 1. The molecule has 1 aliphatic heterocycles. The Morgan fingerprint density at radius 1 is 1.19 bits per heavy atom. The van der Waals surface area contributed by atoms with Crippen molar-refractivity contribution in [2.75, 3.05) is 26.3 Å². The van der Waals surface area contributed by atoms with Gasteiger partial charge in [-0.15, -0.1) is 0 Å². The molecule has 0 aromatic heterocycles. The van der Waals surface area contributed by atoms with Crippen molar-refractivity contribution in [3.8, 4) is 0 Å². The summed E-state index contributed by atoms with van der Waals surface area (Å²) in [5.41, 5.74) is 1.41. The number of nitrogens with zero attached hydrogens (tertiary/aromatic N) is 2. The molecular formula is C19H20FN3O4. The molecule has 8 heteroatoms. The zero-order chi connectivity index (χ0) is 19.2. The van der Waals surface area contributed by atoms with Gasteiger partial charge in [0.1, 0.15) is 0 Å². The van der Waals surface area contributed by atoms with Gasteiger partial charge in [-0.2, -0.15) is 4.39 Å². The van der Waals surface area contributed by atoms with Crippen LogP contribution in [0.5, 0.6) is 0 Å². The van der Waals surface area contributed by atoms with Gasteiger partial charge in [0.25, 0.3) is 5.91 Å². The normalized spacial score (nSPS) is 14.7. The number of halogens is 1. The zero-order valence-corrected chi connectivity index (χ0v) is 14.7. The first kappa shape index (κ1) is 18.9. The fourth-order valence-corrected chi connectivity index (χ4v) is 2.96. The summed E-state index contributed by atoms with van der Waals surface area (Å²) in [6, 6.07) is 10.9. The van der Waals surface area contributed by atoms with Crippen LogP contribution in [0.3, 0.4) is 0 Å². The summed E-state index contributed by atoms with van der Waals surface area (Å²) in [6.45, 7) is 4.19. The highest BCUT2D eigenvalue weighted by Crippen LogP contribution is 2.19. The molecule has 0 radical (unpaired) electrons. The molecule has 2 aromatic carbocycles. The summed E-state index contributed by atoms with van der Waals surface area (Å²) in [4.78, 5) is 24.6. The molecule has 0 bridgehead atoms. The van der Waals surface area contributed by atoms with Crippen LogP contribution in [-0.2, 0) is 17.8 Å². The van der Waals surface area contributed by atoms with E-state index in [1.165, 1.54) is 6.07 Å². The molecule has 0 saturated carbocycles. The van der Waals surface area contributed by atoms with Crippen LogP contribution in [0.1, 0.15) is 21.5 Å². The van der Waals surface area contributed by atoms with Gasteiger partial charge in [0, 0.05) is 37.8 Å². The third-order valence-electron chi connectivity index (χ3n) is 4.46. The lowest BCUT2D eigenvalue weighted by atomic mass is 10.1. The number of hydrogen-bond acceptors (Lipinski definition) is 5. The van der Waals surface area contributed by atoms with Gasteiger partial charge in [-0.3, -0.25) is 19.8 Å². The molecule has 27 heavy (non-hydrogen) atoms. The minimum absolute atomic E-state index is 0.0498. The van der Waals surface area contributed by atoms with Crippen LogP contribution in [0, 0.1) is 15.9 Å². The Kier molecular flexibility index (Phi) is 6.10. The maximum atomic E-state index is 13.4. The molecular weight excluding hydrogens is 353 g/mol. The van der Waals surface area contributed by atoms with Crippen molar-refractivity contribution >= 4 is 11.6 Å². The van der Waals surface area contributed by atoms with E-state index in [2.05, 4.69) is 10.2 Å². The predicted octanol–water partition coefficient (Wildman–Crippen LogP) is 2.50. The molecule has 0 aliphatic carbocycles. The maximum absolute atomic E-state index is 13.4. The Labute approximate surface area is 155 Å². The van der Waals surface area contributed by atoms with Gasteiger partial charge < -0.3 is 10.1 Å². The van der Waals surface area contributed by atoms with E-state index in [1.54, 1.807) is 0 Å². The van der Waals surface area contributed by atoms with E-state index in [0.717, 1.165) is 42.9 Å². The summed E-state index contributed by atoms with van der Waals surface area (Å²) in [5.74, 6) is -1.45. The van der Waals surface area contributed by atoms with Gasteiger partial charge in [0.05, 0.1) is 18.1 Å². The maximum Gasteiger partial charge on any atom is 0.305 e. The van der Waals surface area contributed by atoms with Crippen molar-refractivity contribution < 1.29 is 18.8 Å². The monoisotopic (exact) mass is 373 g/mol. The number of hydrogen-bond donors (Lipinski definition) is 1. The van der Waals surface area contributed by atoms with Crippen LogP contribution in [0.25, 0.3) is 0 Å². The minimum atomic E-state index is -0.965. The van der Waals surface area contributed by atoms with Gasteiger partial charge in [-0.25, -0.2) is 0 Å². The second-order valence-corrected chi connectivity index (χ2v) is 6.26. The van der Waals surface area contributed by atoms with Gasteiger partial charge >= 0.3 is 5.69 Å². The van der Waals surface area contributed by atoms with E-state index in [4.69, 9.17) is 4.74 Å². The highest BCUT2D eigenvalue weighted by molar-refractivity contribution is 5.94. The van der Waals surface area contributed by atoms with Crippen LogP contribution in [0.4, 0.5) is 10.1 Å². The van der Waals surface area contributed by atoms with Crippen molar-refractivity contribution in [3.05, 3.63) is 75.1 Å². The fourth-order valence-electron chi connectivity index (χ4n) is 2.96. The van der Waals surface area contributed by atoms with E-state index < -0.39 is 22.3 Å². The summed E-state index contributed by atoms with van der Waals surface area (Å²) in [5, 5.41) is 13.6. The van der Waals surface area contributed by atoms with Gasteiger partial charge in [0.15, 0.2) is 0 Å². The van der Waals surface area contributed by atoms with Crippen molar-refractivity contribution in [1.29, 1.82) is 0 Å². The van der Waals surface area contributed by atoms with E-state index in [9.17, 15) is 19.3 Å². The van der Waals surface area contributed by atoms with Crippen molar-refractivity contribution in [3.63, 3.8) is 0 Å². The van der Waals surface area contributed by atoms with Crippen LogP contribution < -0.4 is 5.32 Å². The molecule has 1 N–H and O–H groups in total. The first-order valence-corrected chi connectivity index (χ1v) is 8.63. The Bertz CT molecular complexity index is 837. The third kappa shape index (κ3) is 4.87. The average Bonchev–Trinajstić information content (AvgIpc) is 2.68. The molecule has 1 aliphatic rings. The van der Waals surface area contributed by atoms with E-state index >= 15 is 0 Å². The van der Waals surface area contributed by atoms with Crippen LogP contribution in [-0.4, -0.2) is 42.0 Å². The number of carbonyl (C=O) groups is 1. The fraction of sp³-hybridized carbons (Fsp3) is 0.316. The second kappa shape index (κ2) is 8.70. The average molecular weight is 373 g/mol. The van der Waals surface area contributed by atoms with Crippen molar-refractivity contribution in [1.82, 2.24) is 10.2 Å². The first-order chi connectivity index (χ1) is 13.0. The van der Waals surface area contributed by atoms with Crippen LogP contribution in [0.15, 0.2) is 42.5 Å². The Morgan fingerprint density at radius 2 is 1.89 bits per heavy atom. The lowest BCUT2D eigenvalue weighted by Crippen LogP contribution is -2.36. The van der Waals surface area contributed by atoms with E-state index in [0.29, 0.717) is 13.2 Å². The zero-order valence-electron chi connectivity index (χ0n) is 14.7. The minimum Gasteiger partial charge on any atom is -0.379 e. The number of nitro benzene ring substituents is 1. The number of rotatable bonds is 6. The summed E-state index contributed by atoms with van der Waals surface area (Å²) in [6.07, 6.45) is 0. The predicted molar refractivity (Wildman–Crippen MR) is 96.8 cm³/mol. The van der Waals surface area contributed by atoms with Crippen LogP contribution in [0.2, 0.25) is 0 Å². The largest absolute Gasteiger partial charge is 0.379 e. The first-order valence-electron chi connectivity index (χ1n) is 8.63. The standard InChI is InChI=1S/C19H20FN3O4/c20-17-6-5-14(11-18(17)23(25)26)19(24)21-12-15-3-1-2-4-16(15)13-22-7-9-27-10-8-22/h1-6,11H,7-10,12-13H2,(H,21,24). The highest BCUT2D eigenvalue weighted by atomic mass is 19.1. The molecule has 0 spiro atoms. The quantitative estimate of drug-likeness (QED) is 0.621. The molecule has 1 fully saturated rings. The number of morpholine rings is 1. The SMILES string of the molecule is O=C(NCc1ccccc1CN1CCOCC1)c1ccc(F)c([N+](=O)[O-])c1. The van der Waals surface area contributed by atoms with Gasteiger partial charge in [0.2, 0.25) is 5.82 Å². The molecule has 7 nitrogen and oxygen atoms in total. The van der Waals surface area contributed by atoms with Gasteiger partial charge in [-0.05, 0) is 23.3 Å². The molecule has 1 amide bonds. The smallest absolute Gasteiger partial charge is 0.305 e. The molecule has 0 unspecified atom stereocenters. The number of ether oxygens (including phenoxy) is 1. The van der Waals surface area contributed by atoms with E-state index in [-0.39, 0.29) is 12.1 Å². The van der Waals surface area contributed by atoms with Crippen molar-refractivity contribution in [2.24, 2.45) is 0 Å². The number of nitrogens with one attached hydrogen (secondary N) is 1. The molecule has 2 aromatic rings. The summed E-state index contributed by atoms with van der Waals surface area (Å²) < 4.78 is 18.8. The topological polar surface area (TPSA) is 84.7 Å². The molecule has 142 valence electrons. The van der Waals surface area contributed by atoms with Crippen molar-refractivity contribution in [2.45, 2.75) is 13.1 Å². The van der Waals surface area contributed by atoms with Crippen LogP contribution >= 0.6 is 0 Å². The Hall–Kier alpha value is -2.84. The Balaban J connectivity index is 1.67. The highest BCUT2D eigenvalue weighted by Gasteiger charge is 2.18. The number of nitro groups is 1. The molecule has 0 atom stereocenters. The lowest BCUT2D eigenvalue weighted by Gasteiger charge is -2.27. The summed E-state index contributed by atoms with van der Waals surface area (Å²) >= 11 is 0. The molecule has 1 heterocycles. The molecule has 3 rings (SSSR count). The van der Waals surface area contributed by atoms with E-state index in [1.807, 2.05) is 24.3 Å². The third-order valence-corrected chi connectivity index (χ3v) is 4.46. The number of benzene rings is 2. The van der Waals surface area contributed by atoms with Gasteiger partial charge in [-0.1, -0.05) is 24.3 Å². The number of carbonyl (C=O) groups excluding carboxylic acids is 1. The second-order valence-electron chi connectivity index (χ2n) is 6.26. The molecule has 1 saturated heterocycles. The lowest BCUT2D eigenvalue weighted by molar-refractivity contribution is -0.387.